The van der Waals surface area contributed by atoms with Crippen LogP contribution in [0.3, 0.4) is 0 Å². The second kappa shape index (κ2) is 13.4. The number of hydrogen-bond donors (Lipinski definition) is 3. The average molecular weight is 638 g/mol. The van der Waals surface area contributed by atoms with Crippen molar-refractivity contribution in [1.29, 1.82) is 0 Å². The molecule has 0 saturated heterocycles. The van der Waals surface area contributed by atoms with Gasteiger partial charge in [0.25, 0.3) is 11.5 Å². The molecule has 3 N–H and O–H groups in total. The molecule has 1 aromatic heterocycles. The number of alkyl halides is 3. The van der Waals surface area contributed by atoms with Crippen molar-refractivity contribution in [2.45, 2.75) is 32.5 Å². The van der Waals surface area contributed by atoms with Gasteiger partial charge in [0, 0.05) is 42.8 Å². The Morgan fingerprint density at radius 2 is 1.61 bits per heavy atom. The van der Waals surface area contributed by atoms with E-state index in [2.05, 4.69) is 20.6 Å². The maximum atomic E-state index is 14.0. The topological polar surface area (TPSA) is 124 Å². The van der Waals surface area contributed by atoms with Gasteiger partial charge in [0.2, 0.25) is 5.91 Å². The fourth-order valence-corrected chi connectivity index (χ4v) is 4.59. The van der Waals surface area contributed by atoms with E-state index in [9.17, 15) is 36.7 Å². The van der Waals surface area contributed by atoms with Crippen molar-refractivity contribution >= 4 is 23.3 Å². The number of likely N-dealkylation sites (N-methyl/N-ethyl adjacent to an activating group) is 1. The third-order valence-corrected chi connectivity index (χ3v) is 7.27. The first-order chi connectivity index (χ1) is 21.6. The summed E-state index contributed by atoms with van der Waals surface area (Å²) in [6.07, 6.45) is -5.24. The molecule has 0 aliphatic rings. The summed E-state index contributed by atoms with van der Waals surface area (Å²) in [6, 6.07) is 11.2. The molecule has 0 fully saturated rings. The van der Waals surface area contributed by atoms with Crippen molar-refractivity contribution in [3.05, 3.63) is 116 Å². The highest BCUT2D eigenvalue weighted by Gasteiger charge is 2.32. The lowest BCUT2D eigenvalue weighted by Gasteiger charge is -2.17. The average Bonchev–Trinajstić information content (AvgIpc) is 3.01. The lowest BCUT2D eigenvalue weighted by atomic mass is 9.96. The van der Waals surface area contributed by atoms with Crippen LogP contribution in [0, 0.1) is 12.7 Å². The Morgan fingerprint density at radius 1 is 0.957 bits per heavy atom. The Kier molecular flexibility index (Phi) is 9.86. The quantitative estimate of drug-likeness (QED) is 0.176. The molecular weight excluding hydrogens is 606 g/mol. The summed E-state index contributed by atoms with van der Waals surface area (Å²) in [5.41, 5.74) is -1.35. The molecule has 0 aliphatic heterocycles. The van der Waals surface area contributed by atoms with E-state index >= 15 is 0 Å². The van der Waals surface area contributed by atoms with Gasteiger partial charge < -0.3 is 20.5 Å². The van der Waals surface area contributed by atoms with Gasteiger partial charge in [0.15, 0.2) is 5.78 Å². The number of ketones is 1. The number of H-pyrrole nitrogens is 1. The molecule has 2 amide bonds. The van der Waals surface area contributed by atoms with Crippen molar-refractivity contribution in [2.24, 2.45) is 0 Å². The molecular formula is C33H31F4N5O4. The Hall–Kier alpha value is -5.17. The predicted octanol–water partition coefficient (Wildman–Crippen LogP) is 4.97. The summed E-state index contributed by atoms with van der Waals surface area (Å²) in [6.45, 7) is 3.27. The van der Waals surface area contributed by atoms with E-state index in [0.29, 0.717) is 22.8 Å². The highest BCUT2D eigenvalue weighted by atomic mass is 19.4. The van der Waals surface area contributed by atoms with Crippen LogP contribution < -0.4 is 16.2 Å². The molecule has 0 saturated carbocycles. The van der Waals surface area contributed by atoms with Crippen LogP contribution in [-0.4, -0.2) is 59.7 Å². The summed E-state index contributed by atoms with van der Waals surface area (Å²) in [5, 5.41) is 5.25. The molecule has 46 heavy (non-hydrogen) atoms. The monoisotopic (exact) mass is 637 g/mol. The van der Waals surface area contributed by atoms with Crippen LogP contribution in [0.15, 0.2) is 65.5 Å². The number of carbonyl (C=O) groups is 3. The lowest BCUT2D eigenvalue weighted by molar-refractivity contribution is -0.137. The third kappa shape index (κ3) is 7.54. The molecule has 4 aromatic rings. The van der Waals surface area contributed by atoms with Crippen LogP contribution in [0.5, 0.6) is 0 Å². The molecule has 3 aromatic carbocycles. The van der Waals surface area contributed by atoms with E-state index in [-0.39, 0.29) is 39.8 Å². The number of halogens is 4. The fraction of sp³-hybridized carbons (Fsp3) is 0.242. The third-order valence-electron chi connectivity index (χ3n) is 7.27. The second-order valence-corrected chi connectivity index (χ2v) is 10.9. The zero-order valence-corrected chi connectivity index (χ0v) is 25.6. The molecule has 0 radical (unpaired) electrons. The van der Waals surface area contributed by atoms with Gasteiger partial charge in [-0.25, -0.2) is 9.37 Å². The molecule has 0 bridgehead atoms. The Morgan fingerprint density at radius 3 is 2.22 bits per heavy atom. The zero-order valence-electron chi connectivity index (χ0n) is 25.6. The second-order valence-electron chi connectivity index (χ2n) is 10.9. The maximum absolute atomic E-state index is 14.0. The van der Waals surface area contributed by atoms with Crippen LogP contribution in [0.25, 0.3) is 11.4 Å². The summed E-state index contributed by atoms with van der Waals surface area (Å²) < 4.78 is 55.5. The number of nitrogens with zero attached hydrogens (tertiary/aromatic N) is 2. The van der Waals surface area contributed by atoms with Gasteiger partial charge in [-0.15, -0.1) is 0 Å². The summed E-state index contributed by atoms with van der Waals surface area (Å²) >= 11 is 0. The number of amides is 2. The molecule has 4 rings (SSSR count). The van der Waals surface area contributed by atoms with Gasteiger partial charge in [-0.2, -0.15) is 13.2 Å². The van der Waals surface area contributed by atoms with Crippen molar-refractivity contribution in [3.63, 3.8) is 0 Å². The molecule has 1 heterocycles. The first-order valence-corrected chi connectivity index (χ1v) is 14.0. The van der Waals surface area contributed by atoms with Crippen molar-refractivity contribution in [1.82, 2.24) is 20.2 Å². The van der Waals surface area contributed by atoms with E-state index in [1.165, 1.54) is 24.1 Å². The highest BCUT2D eigenvalue weighted by Crippen LogP contribution is 2.32. The van der Waals surface area contributed by atoms with E-state index < -0.39 is 47.3 Å². The molecule has 240 valence electrons. The lowest BCUT2D eigenvalue weighted by Crippen LogP contribution is -2.37. The number of aromatic amines is 1. The van der Waals surface area contributed by atoms with Crippen LogP contribution >= 0.6 is 0 Å². The highest BCUT2D eigenvalue weighted by molar-refractivity contribution is 6.09. The number of nitrogens with one attached hydrogen (secondary N) is 3. The zero-order chi connectivity index (χ0) is 33.9. The van der Waals surface area contributed by atoms with Gasteiger partial charge >= 0.3 is 6.18 Å². The standard InChI is InChI=1S/C33H31F4N5O4/c1-17-6-7-21(32(46)42(4)5)16-25(17)29-39-26(27(31(45)41-29)40-30(44)18(2)38-3)14-19-12-22(15-23(13-19)33(35,36)37)28(43)20-8-10-24(34)11-9-20/h6-13,15-16,18,38H,14H2,1-5H3,(H,40,44)(H,39,41,45)/t18-/m0/s1. The summed E-state index contributed by atoms with van der Waals surface area (Å²) in [4.78, 5) is 60.6. The predicted molar refractivity (Wildman–Crippen MR) is 164 cm³/mol. The van der Waals surface area contributed by atoms with E-state index in [4.69, 9.17) is 0 Å². The van der Waals surface area contributed by atoms with Crippen molar-refractivity contribution in [3.8, 4) is 11.4 Å². The van der Waals surface area contributed by atoms with Crippen LogP contribution in [0.1, 0.15) is 55.6 Å². The van der Waals surface area contributed by atoms with Gasteiger partial charge in [-0.1, -0.05) is 6.07 Å². The minimum absolute atomic E-state index is 0.0140. The number of anilines is 1. The number of rotatable bonds is 9. The number of hydrogen-bond acceptors (Lipinski definition) is 6. The van der Waals surface area contributed by atoms with Crippen molar-refractivity contribution in [2.75, 3.05) is 26.5 Å². The van der Waals surface area contributed by atoms with Crippen LogP contribution in [0.2, 0.25) is 0 Å². The summed E-state index contributed by atoms with van der Waals surface area (Å²) in [7, 11) is 4.69. The first kappa shape index (κ1) is 33.7. The number of aromatic nitrogens is 2. The first-order valence-electron chi connectivity index (χ1n) is 14.0. The summed E-state index contributed by atoms with van der Waals surface area (Å²) in [5.74, 6) is -2.29. The van der Waals surface area contributed by atoms with Gasteiger partial charge in [0.05, 0.1) is 17.3 Å². The number of aryl methyl sites for hydroxylation is 1. The normalized spacial score (nSPS) is 12.0. The van der Waals surface area contributed by atoms with E-state index in [1.807, 2.05) is 0 Å². The van der Waals surface area contributed by atoms with Gasteiger partial charge in [0.1, 0.15) is 17.3 Å². The number of benzene rings is 3. The molecule has 0 aliphatic carbocycles. The van der Waals surface area contributed by atoms with Crippen LogP contribution in [0.4, 0.5) is 23.2 Å². The smallest absolute Gasteiger partial charge is 0.345 e. The molecule has 0 spiro atoms. The largest absolute Gasteiger partial charge is 0.416 e. The Labute approximate surface area is 261 Å². The maximum Gasteiger partial charge on any atom is 0.416 e. The molecule has 13 heteroatoms. The Balaban J connectivity index is 1.90. The van der Waals surface area contributed by atoms with Crippen LogP contribution in [-0.2, 0) is 17.4 Å². The van der Waals surface area contributed by atoms with E-state index in [1.54, 1.807) is 40.1 Å². The Bertz CT molecular complexity index is 1870. The SMILES string of the molecule is CN[C@@H](C)C(=O)Nc1c(Cc2cc(C(=O)c3ccc(F)cc3)cc(C(F)(F)F)c2)nc(-c2cc(C(=O)N(C)C)ccc2C)[nH]c1=O. The molecule has 1 atom stereocenters. The van der Waals surface area contributed by atoms with Gasteiger partial charge in [-0.05, 0) is 86.6 Å². The molecule has 0 unspecified atom stereocenters. The number of carbonyl (C=O) groups excluding carboxylic acids is 3. The van der Waals surface area contributed by atoms with Gasteiger partial charge in [-0.3, -0.25) is 19.2 Å². The minimum atomic E-state index is -4.84. The molecule has 9 nitrogen and oxygen atoms in total. The van der Waals surface area contributed by atoms with E-state index in [0.717, 1.165) is 30.3 Å². The van der Waals surface area contributed by atoms with Crippen molar-refractivity contribution < 1.29 is 31.9 Å². The minimum Gasteiger partial charge on any atom is -0.345 e. The fourth-order valence-electron chi connectivity index (χ4n) is 4.59.